The third kappa shape index (κ3) is 1.58. The van der Waals surface area contributed by atoms with E-state index in [-0.39, 0.29) is 11.6 Å². The van der Waals surface area contributed by atoms with Crippen molar-refractivity contribution in [3.05, 3.63) is 11.8 Å². The summed E-state index contributed by atoms with van der Waals surface area (Å²) < 4.78 is 28.9. The molecule has 2 N–H and O–H groups in total. The third-order valence-corrected chi connectivity index (χ3v) is 1.23. The zero-order chi connectivity index (χ0) is 9.14. The highest BCUT2D eigenvalue weighted by Gasteiger charge is 2.16. The predicted molar refractivity (Wildman–Crippen MR) is 38.0 cm³/mol. The van der Waals surface area contributed by atoms with Crippen LogP contribution in [0.4, 0.5) is 14.6 Å². The van der Waals surface area contributed by atoms with E-state index in [2.05, 4.69) is 14.9 Å². The van der Waals surface area contributed by atoms with Crippen LogP contribution in [0.2, 0.25) is 0 Å². The van der Waals surface area contributed by atoms with Gasteiger partial charge in [-0.2, -0.15) is 0 Å². The van der Waals surface area contributed by atoms with Crippen LogP contribution in [0.5, 0.6) is 5.75 Å². The van der Waals surface area contributed by atoms with E-state index >= 15 is 0 Å². The van der Waals surface area contributed by atoms with Crippen LogP contribution in [0.3, 0.4) is 0 Å². The number of rotatable bonds is 2. The molecular formula is C6H7F2N3O. The Morgan fingerprint density at radius 3 is 2.67 bits per heavy atom. The summed E-state index contributed by atoms with van der Waals surface area (Å²) in [6.07, 6.45) is -2.70. The van der Waals surface area contributed by atoms with E-state index in [1.165, 1.54) is 13.2 Å². The first-order valence-corrected chi connectivity index (χ1v) is 3.10. The molecule has 0 aliphatic heterocycles. The number of ether oxygens (including phenoxy) is 1. The molecule has 0 unspecified atom stereocenters. The van der Waals surface area contributed by atoms with Gasteiger partial charge in [-0.1, -0.05) is 0 Å². The molecule has 0 aliphatic rings. The van der Waals surface area contributed by atoms with Gasteiger partial charge in [-0.25, -0.2) is 8.78 Å². The quantitative estimate of drug-likeness (QED) is 0.728. The Kier molecular flexibility index (Phi) is 2.37. The van der Waals surface area contributed by atoms with Gasteiger partial charge in [-0.15, -0.1) is 10.2 Å². The number of anilines is 1. The van der Waals surface area contributed by atoms with E-state index in [9.17, 15) is 8.78 Å². The Balaban J connectivity index is 3.11. The molecule has 0 aromatic carbocycles. The number of hydrogen-bond donors (Lipinski definition) is 1. The maximum absolute atomic E-state index is 12.1. The molecule has 6 heteroatoms. The molecular weight excluding hydrogens is 168 g/mol. The van der Waals surface area contributed by atoms with E-state index in [0.717, 1.165) is 0 Å². The predicted octanol–water partition coefficient (Wildman–Crippen LogP) is 1.00. The highest BCUT2D eigenvalue weighted by atomic mass is 19.3. The van der Waals surface area contributed by atoms with Crippen molar-refractivity contribution >= 4 is 5.82 Å². The van der Waals surface area contributed by atoms with Gasteiger partial charge in [0.1, 0.15) is 5.82 Å². The molecule has 0 atom stereocenters. The van der Waals surface area contributed by atoms with Crippen LogP contribution in [0.15, 0.2) is 6.07 Å². The Bertz CT molecular complexity index is 279. The number of methoxy groups -OCH3 is 1. The number of halogens is 2. The minimum Gasteiger partial charge on any atom is -0.494 e. The lowest BCUT2D eigenvalue weighted by molar-refractivity contribution is 0.140. The third-order valence-electron chi connectivity index (χ3n) is 1.23. The van der Waals surface area contributed by atoms with Crippen molar-refractivity contribution in [2.75, 3.05) is 12.8 Å². The van der Waals surface area contributed by atoms with Gasteiger partial charge in [0.2, 0.25) is 0 Å². The second kappa shape index (κ2) is 3.29. The number of nitrogens with two attached hydrogens (primary N) is 1. The number of alkyl halides is 2. The second-order valence-corrected chi connectivity index (χ2v) is 2.02. The number of nitrogen functional groups attached to an aromatic ring is 1. The van der Waals surface area contributed by atoms with Crippen molar-refractivity contribution in [2.45, 2.75) is 6.43 Å². The maximum atomic E-state index is 12.1. The smallest absolute Gasteiger partial charge is 0.285 e. The van der Waals surface area contributed by atoms with Crippen molar-refractivity contribution in [2.24, 2.45) is 0 Å². The summed E-state index contributed by atoms with van der Waals surface area (Å²) in [7, 11) is 1.27. The summed E-state index contributed by atoms with van der Waals surface area (Å²) in [4.78, 5) is 0. The van der Waals surface area contributed by atoms with Gasteiger partial charge < -0.3 is 10.5 Å². The standard InChI is InChI=1S/C6H7F2N3O/c1-12-3-2-4(9)10-11-5(3)6(7)8/h2,6H,1H3,(H2,9,10). The summed E-state index contributed by atoms with van der Waals surface area (Å²) in [6.45, 7) is 0. The molecule has 1 aromatic rings. The first-order valence-electron chi connectivity index (χ1n) is 3.10. The van der Waals surface area contributed by atoms with Crippen LogP contribution in [0, 0.1) is 0 Å². The van der Waals surface area contributed by atoms with Crippen molar-refractivity contribution in [1.82, 2.24) is 10.2 Å². The number of hydrogen-bond acceptors (Lipinski definition) is 4. The molecule has 4 nitrogen and oxygen atoms in total. The summed E-state index contributed by atoms with van der Waals surface area (Å²) in [6, 6.07) is 1.20. The molecule has 0 fully saturated rings. The zero-order valence-corrected chi connectivity index (χ0v) is 6.29. The van der Waals surface area contributed by atoms with Gasteiger partial charge in [0, 0.05) is 6.07 Å². The molecule has 0 amide bonds. The lowest BCUT2D eigenvalue weighted by Gasteiger charge is -2.05. The molecule has 66 valence electrons. The van der Waals surface area contributed by atoms with Crippen LogP contribution in [-0.2, 0) is 0 Å². The Morgan fingerprint density at radius 2 is 2.17 bits per heavy atom. The normalized spacial score (nSPS) is 10.3. The van der Waals surface area contributed by atoms with Gasteiger partial charge in [0.05, 0.1) is 7.11 Å². The average Bonchev–Trinajstić information content (AvgIpc) is 2.03. The van der Waals surface area contributed by atoms with E-state index in [4.69, 9.17) is 5.73 Å². The largest absolute Gasteiger partial charge is 0.494 e. The van der Waals surface area contributed by atoms with Gasteiger partial charge in [-0.05, 0) is 0 Å². The van der Waals surface area contributed by atoms with Crippen molar-refractivity contribution in [3.8, 4) is 5.75 Å². The molecule has 1 heterocycles. The fourth-order valence-electron chi connectivity index (χ4n) is 0.713. The van der Waals surface area contributed by atoms with E-state index in [1.807, 2.05) is 0 Å². The van der Waals surface area contributed by atoms with E-state index in [0.29, 0.717) is 0 Å². The summed E-state index contributed by atoms with van der Waals surface area (Å²) in [5.41, 5.74) is 4.71. The second-order valence-electron chi connectivity index (χ2n) is 2.02. The van der Waals surface area contributed by atoms with Gasteiger partial charge in [0.25, 0.3) is 6.43 Å². The van der Waals surface area contributed by atoms with Gasteiger partial charge >= 0.3 is 0 Å². The number of nitrogens with zero attached hydrogens (tertiary/aromatic N) is 2. The monoisotopic (exact) mass is 175 g/mol. The minimum absolute atomic E-state index is 0.0440. The molecule has 0 saturated heterocycles. The topological polar surface area (TPSA) is 61.0 Å². The highest BCUT2D eigenvalue weighted by Crippen LogP contribution is 2.26. The van der Waals surface area contributed by atoms with Crippen molar-refractivity contribution < 1.29 is 13.5 Å². The van der Waals surface area contributed by atoms with Crippen molar-refractivity contribution in [1.29, 1.82) is 0 Å². The van der Waals surface area contributed by atoms with Gasteiger partial charge in [-0.3, -0.25) is 0 Å². The number of aromatic nitrogens is 2. The Morgan fingerprint density at radius 1 is 1.50 bits per heavy atom. The average molecular weight is 175 g/mol. The molecule has 0 bridgehead atoms. The molecule has 1 rings (SSSR count). The SMILES string of the molecule is COc1cc(N)nnc1C(F)F. The van der Waals surface area contributed by atoms with E-state index < -0.39 is 12.1 Å². The van der Waals surface area contributed by atoms with Crippen LogP contribution in [-0.4, -0.2) is 17.3 Å². The highest BCUT2D eigenvalue weighted by molar-refractivity contribution is 5.38. The lowest BCUT2D eigenvalue weighted by Crippen LogP contribution is -2.01. The van der Waals surface area contributed by atoms with Crippen molar-refractivity contribution in [3.63, 3.8) is 0 Å². The summed E-state index contributed by atoms with van der Waals surface area (Å²) >= 11 is 0. The summed E-state index contributed by atoms with van der Waals surface area (Å²) in [5, 5.41) is 6.48. The first kappa shape index (κ1) is 8.63. The van der Waals surface area contributed by atoms with E-state index in [1.54, 1.807) is 0 Å². The molecule has 0 aliphatic carbocycles. The van der Waals surface area contributed by atoms with Gasteiger partial charge in [0.15, 0.2) is 11.4 Å². The molecule has 0 spiro atoms. The van der Waals surface area contributed by atoms with Crippen LogP contribution < -0.4 is 10.5 Å². The van der Waals surface area contributed by atoms with Crippen LogP contribution >= 0.6 is 0 Å². The minimum atomic E-state index is -2.70. The fourth-order valence-corrected chi connectivity index (χ4v) is 0.713. The molecule has 1 aromatic heterocycles. The van der Waals surface area contributed by atoms with Crippen LogP contribution in [0.25, 0.3) is 0 Å². The summed E-state index contributed by atoms with van der Waals surface area (Å²) in [5.74, 6) is 0.00810. The fraction of sp³-hybridized carbons (Fsp3) is 0.333. The Labute approximate surface area is 67.4 Å². The maximum Gasteiger partial charge on any atom is 0.285 e. The van der Waals surface area contributed by atoms with Crippen LogP contribution in [0.1, 0.15) is 12.1 Å². The lowest BCUT2D eigenvalue weighted by atomic mass is 10.3. The molecule has 0 radical (unpaired) electrons. The molecule has 0 saturated carbocycles. The molecule has 12 heavy (non-hydrogen) atoms. The Hall–Kier alpha value is -1.46. The zero-order valence-electron chi connectivity index (χ0n) is 6.29. The first-order chi connectivity index (χ1) is 5.65.